The lowest BCUT2D eigenvalue weighted by Crippen LogP contribution is -2.51. The maximum absolute atomic E-state index is 13.3. The first kappa shape index (κ1) is 23.7. The Morgan fingerprint density at radius 1 is 1.29 bits per heavy atom. The first-order valence-corrected chi connectivity index (χ1v) is 11.9. The van der Waals surface area contributed by atoms with Gasteiger partial charge >= 0.3 is 0 Å². The van der Waals surface area contributed by atoms with Crippen molar-refractivity contribution in [1.29, 1.82) is 5.26 Å². The number of carbonyl (C=O) groups excluding carboxylic acids is 3. The summed E-state index contributed by atoms with van der Waals surface area (Å²) in [5, 5.41) is 12.4. The molecule has 0 bridgehead atoms. The first-order chi connectivity index (χ1) is 16.4. The minimum absolute atomic E-state index is 0.125. The van der Waals surface area contributed by atoms with Crippen LogP contribution in [-0.4, -0.2) is 58.7 Å². The lowest BCUT2D eigenvalue weighted by molar-refractivity contribution is -0.128. The van der Waals surface area contributed by atoms with E-state index < -0.39 is 18.0 Å². The third kappa shape index (κ3) is 5.22. The molecule has 2 amide bonds. The minimum atomic E-state index is -0.764. The zero-order chi connectivity index (χ0) is 24.2. The molecule has 2 saturated carbocycles. The molecule has 0 spiro atoms. The summed E-state index contributed by atoms with van der Waals surface area (Å²) in [5.41, 5.74) is 1.22. The summed E-state index contributed by atoms with van der Waals surface area (Å²) in [7, 11) is 3.13. The number of hydrogen-bond donors (Lipinski definition) is 2. The fourth-order valence-corrected chi connectivity index (χ4v) is 4.69. The highest BCUT2D eigenvalue weighted by Gasteiger charge is 2.36. The Labute approximate surface area is 198 Å². The summed E-state index contributed by atoms with van der Waals surface area (Å²) in [4.78, 5) is 47.6. The molecular formula is C25H31N5O4. The SMILES string of the molecule is COc1cccc2[nH]c(C(=O)N(C)[C@@H](CC3CC3)C(=O)N[C@H](C#N)C[C@@H]3CCCCC3=O)nc12. The monoisotopic (exact) mass is 465 g/mol. The number of aromatic nitrogens is 2. The van der Waals surface area contributed by atoms with Gasteiger partial charge in [0.25, 0.3) is 5.91 Å². The number of nitrogens with one attached hydrogen (secondary N) is 2. The summed E-state index contributed by atoms with van der Waals surface area (Å²) in [5.74, 6) is 0.258. The molecule has 2 fully saturated rings. The zero-order valence-corrected chi connectivity index (χ0v) is 19.7. The maximum atomic E-state index is 13.3. The smallest absolute Gasteiger partial charge is 0.290 e. The molecule has 2 aliphatic rings. The summed E-state index contributed by atoms with van der Waals surface area (Å²) in [6.07, 6.45) is 6.04. The second-order valence-electron chi connectivity index (χ2n) is 9.39. The van der Waals surface area contributed by atoms with Gasteiger partial charge in [0.2, 0.25) is 5.91 Å². The van der Waals surface area contributed by atoms with E-state index in [1.54, 1.807) is 32.4 Å². The van der Waals surface area contributed by atoms with Crippen molar-refractivity contribution in [2.45, 2.75) is 63.5 Å². The van der Waals surface area contributed by atoms with Crippen LogP contribution >= 0.6 is 0 Å². The molecule has 0 aliphatic heterocycles. The standard InChI is InChI=1S/C25H31N5O4/c1-30(25(33)23-28-18-7-5-9-21(34-2)22(18)29-23)19(12-15-10-11-15)24(32)27-17(14-26)13-16-6-3-4-8-20(16)31/h5,7,9,15-17,19H,3-4,6,8,10-13H2,1-2H3,(H,27,32)(H,28,29)/t16-,17-,19-/m0/s1. The third-order valence-electron chi connectivity index (χ3n) is 6.92. The van der Waals surface area contributed by atoms with Crippen molar-refractivity contribution in [2.24, 2.45) is 11.8 Å². The largest absolute Gasteiger partial charge is 0.494 e. The number of benzene rings is 1. The first-order valence-electron chi connectivity index (χ1n) is 11.9. The molecule has 34 heavy (non-hydrogen) atoms. The Bertz CT molecular complexity index is 1120. The van der Waals surface area contributed by atoms with Crippen LogP contribution in [0.4, 0.5) is 0 Å². The van der Waals surface area contributed by atoms with Gasteiger partial charge in [-0.05, 0) is 43.7 Å². The van der Waals surface area contributed by atoms with Crippen LogP contribution in [0.15, 0.2) is 18.2 Å². The number of nitrogens with zero attached hydrogens (tertiary/aromatic N) is 3. The summed E-state index contributed by atoms with van der Waals surface area (Å²) in [6, 6.07) is 6.02. The topological polar surface area (TPSA) is 128 Å². The van der Waals surface area contributed by atoms with Gasteiger partial charge in [-0.2, -0.15) is 5.26 Å². The summed E-state index contributed by atoms with van der Waals surface area (Å²) in [6.45, 7) is 0. The average molecular weight is 466 g/mol. The van der Waals surface area contributed by atoms with Crippen LogP contribution in [0.5, 0.6) is 5.75 Å². The number of methoxy groups -OCH3 is 1. The number of likely N-dealkylation sites (N-methyl/N-ethyl adjacent to an activating group) is 1. The van der Waals surface area contributed by atoms with E-state index in [9.17, 15) is 19.6 Å². The van der Waals surface area contributed by atoms with Crippen molar-refractivity contribution < 1.29 is 19.1 Å². The molecule has 2 N–H and O–H groups in total. The number of ketones is 1. The fourth-order valence-electron chi connectivity index (χ4n) is 4.69. The molecule has 3 atom stereocenters. The molecule has 1 heterocycles. The van der Waals surface area contributed by atoms with Gasteiger partial charge in [0, 0.05) is 19.4 Å². The van der Waals surface area contributed by atoms with E-state index in [0.29, 0.717) is 42.0 Å². The van der Waals surface area contributed by atoms with Crippen molar-refractivity contribution >= 4 is 28.6 Å². The molecule has 180 valence electrons. The quantitative estimate of drug-likeness (QED) is 0.586. The van der Waals surface area contributed by atoms with E-state index >= 15 is 0 Å². The van der Waals surface area contributed by atoms with Crippen LogP contribution in [0.1, 0.15) is 62.0 Å². The van der Waals surface area contributed by atoms with E-state index in [-0.39, 0.29) is 23.4 Å². The number of H-pyrrole nitrogens is 1. The van der Waals surface area contributed by atoms with Crippen LogP contribution in [0.3, 0.4) is 0 Å². The number of rotatable bonds is 9. The molecule has 9 heteroatoms. The van der Waals surface area contributed by atoms with E-state index in [1.807, 2.05) is 0 Å². The van der Waals surface area contributed by atoms with Gasteiger partial charge in [-0.3, -0.25) is 14.4 Å². The highest BCUT2D eigenvalue weighted by molar-refractivity contribution is 5.98. The molecule has 0 saturated heterocycles. The number of nitriles is 1. The van der Waals surface area contributed by atoms with Crippen LogP contribution in [-0.2, 0) is 9.59 Å². The highest BCUT2D eigenvalue weighted by atomic mass is 16.5. The van der Waals surface area contributed by atoms with Crippen molar-refractivity contribution in [1.82, 2.24) is 20.2 Å². The number of Topliss-reactive ketones (excluding diaryl/α,β-unsaturated/α-hetero) is 1. The van der Waals surface area contributed by atoms with Gasteiger partial charge in [-0.15, -0.1) is 0 Å². The number of aromatic amines is 1. The average Bonchev–Trinajstić information content (AvgIpc) is 3.56. The second-order valence-corrected chi connectivity index (χ2v) is 9.39. The molecule has 1 aromatic heterocycles. The van der Waals surface area contributed by atoms with Crippen LogP contribution in [0.25, 0.3) is 11.0 Å². The van der Waals surface area contributed by atoms with Gasteiger partial charge in [-0.25, -0.2) is 4.98 Å². The van der Waals surface area contributed by atoms with E-state index in [4.69, 9.17) is 4.74 Å². The van der Waals surface area contributed by atoms with Gasteiger partial charge < -0.3 is 19.9 Å². The highest BCUT2D eigenvalue weighted by Crippen LogP contribution is 2.35. The molecule has 2 aliphatic carbocycles. The van der Waals surface area contributed by atoms with Crippen LogP contribution in [0, 0.1) is 23.2 Å². The Morgan fingerprint density at radius 2 is 2.09 bits per heavy atom. The summed E-state index contributed by atoms with van der Waals surface area (Å²) >= 11 is 0. The third-order valence-corrected chi connectivity index (χ3v) is 6.92. The van der Waals surface area contributed by atoms with Crippen molar-refractivity contribution in [3.63, 3.8) is 0 Å². The van der Waals surface area contributed by atoms with E-state index in [2.05, 4.69) is 21.4 Å². The number of ether oxygens (including phenoxy) is 1. The minimum Gasteiger partial charge on any atom is -0.494 e. The number of fused-ring (bicyclic) bond motifs is 1. The number of carbonyl (C=O) groups is 3. The second kappa shape index (κ2) is 10.2. The lowest BCUT2D eigenvalue weighted by atomic mass is 9.84. The molecule has 1 aromatic carbocycles. The van der Waals surface area contributed by atoms with Crippen molar-refractivity contribution in [3.05, 3.63) is 24.0 Å². The van der Waals surface area contributed by atoms with Gasteiger partial charge in [-0.1, -0.05) is 25.3 Å². The van der Waals surface area contributed by atoms with Gasteiger partial charge in [0.05, 0.1) is 18.7 Å². The molecule has 0 radical (unpaired) electrons. The molecule has 4 rings (SSSR count). The van der Waals surface area contributed by atoms with E-state index in [1.165, 1.54) is 4.90 Å². The molecular weight excluding hydrogens is 434 g/mol. The molecule has 9 nitrogen and oxygen atoms in total. The molecule has 2 aromatic rings. The van der Waals surface area contributed by atoms with Crippen molar-refractivity contribution in [2.75, 3.05) is 14.2 Å². The fraction of sp³-hybridized carbons (Fsp3) is 0.560. The number of hydrogen-bond acceptors (Lipinski definition) is 6. The van der Waals surface area contributed by atoms with Crippen LogP contribution in [0.2, 0.25) is 0 Å². The molecule has 0 unspecified atom stereocenters. The Kier molecular flexibility index (Phi) is 7.15. The predicted octanol–water partition coefficient (Wildman–Crippen LogP) is 2.97. The Hall–Kier alpha value is -3.41. The zero-order valence-electron chi connectivity index (χ0n) is 19.7. The van der Waals surface area contributed by atoms with Crippen molar-refractivity contribution in [3.8, 4) is 11.8 Å². The normalized spacial score (nSPS) is 19.8. The Balaban J connectivity index is 1.49. The lowest BCUT2D eigenvalue weighted by Gasteiger charge is -2.29. The number of imidazole rings is 1. The Morgan fingerprint density at radius 3 is 2.76 bits per heavy atom. The maximum Gasteiger partial charge on any atom is 0.290 e. The van der Waals surface area contributed by atoms with Gasteiger partial charge in [0.15, 0.2) is 5.82 Å². The van der Waals surface area contributed by atoms with E-state index in [0.717, 1.165) is 32.1 Å². The van der Waals surface area contributed by atoms with Gasteiger partial charge in [0.1, 0.15) is 29.1 Å². The predicted molar refractivity (Wildman–Crippen MR) is 125 cm³/mol. The summed E-state index contributed by atoms with van der Waals surface area (Å²) < 4.78 is 5.33. The number of amides is 2. The number of para-hydroxylation sites is 1. The van der Waals surface area contributed by atoms with Crippen LogP contribution < -0.4 is 10.1 Å².